The molecule has 0 aliphatic rings. The second kappa shape index (κ2) is 7.49. The molecule has 1 unspecified atom stereocenters. The van der Waals surface area contributed by atoms with E-state index >= 15 is 0 Å². The van der Waals surface area contributed by atoms with Crippen LogP contribution in [0.5, 0.6) is 5.75 Å². The molecule has 21 heavy (non-hydrogen) atoms. The number of amides is 1. The van der Waals surface area contributed by atoms with E-state index < -0.39 is 36.4 Å². The lowest BCUT2D eigenvalue weighted by Crippen LogP contribution is -2.47. The minimum Gasteiger partial charge on any atom is -0.481 e. The molecule has 0 spiro atoms. The van der Waals surface area contributed by atoms with Crippen molar-refractivity contribution < 1.29 is 29.3 Å². The molecule has 0 aliphatic carbocycles. The van der Waals surface area contributed by atoms with E-state index in [0.717, 1.165) is 0 Å². The lowest BCUT2D eigenvalue weighted by Gasteiger charge is -2.18. The molecule has 1 aromatic rings. The summed E-state index contributed by atoms with van der Waals surface area (Å²) in [7, 11) is 0. The number of benzene rings is 1. The van der Waals surface area contributed by atoms with Crippen molar-refractivity contribution >= 4 is 29.4 Å². The summed E-state index contributed by atoms with van der Waals surface area (Å²) in [5, 5.41) is 20.0. The van der Waals surface area contributed by atoms with Crippen LogP contribution in [-0.4, -0.2) is 40.2 Å². The van der Waals surface area contributed by atoms with Gasteiger partial charge < -0.3 is 20.3 Å². The third kappa shape index (κ3) is 5.70. The predicted octanol–water partition coefficient (Wildman–Crippen LogP) is 1.15. The lowest BCUT2D eigenvalue weighted by atomic mass is 10.2. The first-order chi connectivity index (χ1) is 9.79. The quantitative estimate of drug-likeness (QED) is 0.695. The first-order valence-electron chi connectivity index (χ1n) is 5.96. The van der Waals surface area contributed by atoms with Gasteiger partial charge in [0.25, 0.3) is 5.91 Å². The highest BCUT2D eigenvalue weighted by Crippen LogP contribution is 2.18. The van der Waals surface area contributed by atoms with Crippen molar-refractivity contribution in [3.8, 4) is 5.75 Å². The van der Waals surface area contributed by atoms with Crippen LogP contribution in [0.1, 0.15) is 13.3 Å². The summed E-state index contributed by atoms with van der Waals surface area (Å²) < 4.78 is 5.31. The highest BCUT2D eigenvalue weighted by molar-refractivity contribution is 6.30. The zero-order chi connectivity index (χ0) is 16.0. The van der Waals surface area contributed by atoms with E-state index in [4.69, 9.17) is 26.6 Å². The van der Waals surface area contributed by atoms with Crippen molar-refractivity contribution in [3.63, 3.8) is 0 Å². The van der Waals surface area contributed by atoms with E-state index in [1.165, 1.54) is 13.0 Å². The molecule has 7 nitrogen and oxygen atoms in total. The van der Waals surface area contributed by atoms with E-state index in [0.29, 0.717) is 10.8 Å². The second-order valence-corrected chi connectivity index (χ2v) is 4.65. The Morgan fingerprint density at radius 1 is 1.33 bits per heavy atom. The monoisotopic (exact) mass is 315 g/mol. The van der Waals surface area contributed by atoms with Gasteiger partial charge in [-0.2, -0.15) is 0 Å². The molecule has 3 N–H and O–H groups in total. The number of hydrogen-bond donors (Lipinski definition) is 3. The molecule has 8 heteroatoms. The normalized spacial score (nSPS) is 13.0. The Balaban J connectivity index is 2.64. The molecule has 0 bridgehead atoms. The minimum atomic E-state index is -1.51. The van der Waals surface area contributed by atoms with Crippen LogP contribution < -0.4 is 10.1 Å². The maximum absolute atomic E-state index is 11.8. The van der Waals surface area contributed by atoms with Crippen molar-refractivity contribution in [2.75, 3.05) is 0 Å². The Labute approximate surface area is 125 Å². The van der Waals surface area contributed by atoms with Gasteiger partial charge in [-0.3, -0.25) is 9.59 Å². The van der Waals surface area contributed by atoms with Crippen molar-refractivity contribution in [2.45, 2.75) is 25.5 Å². The molecule has 1 aromatic carbocycles. The first-order valence-corrected chi connectivity index (χ1v) is 6.34. The van der Waals surface area contributed by atoms with E-state index in [9.17, 15) is 14.4 Å². The van der Waals surface area contributed by atoms with E-state index in [1.807, 2.05) is 0 Å². The molecule has 0 heterocycles. The van der Waals surface area contributed by atoms with Gasteiger partial charge in [0.05, 0.1) is 6.42 Å². The van der Waals surface area contributed by atoms with Gasteiger partial charge in [0.15, 0.2) is 6.10 Å². The Bertz CT molecular complexity index is 547. The van der Waals surface area contributed by atoms with Gasteiger partial charge in [-0.25, -0.2) is 4.79 Å². The summed E-state index contributed by atoms with van der Waals surface area (Å²) in [6.45, 7) is 1.41. The zero-order valence-electron chi connectivity index (χ0n) is 11.1. The fourth-order valence-electron chi connectivity index (χ4n) is 1.46. The van der Waals surface area contributed by atoms with Gasteiger partial charge in [-0.15, -0.1) is 0 Å². The molecular weight excluding hydrogens is 302 g/mol. The number of carboxylic acid groups (broad SMARTS) is 2. The zero-order valence-corrected chi connectivity index (χ0v) is 11.8. The maximum Gasteiger partial charge on any atom is 0.326 e. The minimum absolute atomic E-state index is 0.343. The van der Waals surface area contributed by atoms with E-state index in [1.54, 1.807) is 18.2 Å². The highest BCUT2D eigenvalue weighted by atomic mass is 35.5. The predicted molar refractivity (Wildman–Crippen MR) is 73.4 cm³/mol. The molecular formula is C13H14ClNO6. The number of nitrogens with one attached hydrogen (secondary N) is 1. The highest BCUT2D eigenvalue weighted by Gasteiger charge is 2.26. The lowest BCUT2D eigenvalue weighted by molar-refractivity contribution is -0.147. The van der Waals surface area contributed by atoms with Gasteiger partial charge in [-0.05, 0) is 25.1 Å². The van der Waals surface area contributed by atoms with Gasteiger partial charge >= 0.3 is 11.9 Å². The summed E-state index contributed by atoms with van der Waals surface area (Å²) in [6.07, 6.45) is -1.72. The standard InChI is InChI=1S/C13H14ClNO6/c1-7(21-9-4-2-3-8(14)5-9)12(18)15-10(13(19)20)6-11(16)17/h2-5,7,10H,6H2,1H3,(H,15,18)(H,16,17)(H,19,20)/t7?,10-/m1/s1. The summed E-state index contributed by atoms with van der Waals surface area (Å²) in [4.78, 5) is 33.2. The van der Waals surface area contributed by atoms with Crippen LogP contribution in [0.25, 0.3) is 0 Å². The molecule has 0 aromatic heterocycles. The first kappa shape index (κ1) is 16.8. The number of carboxylic acids is 2. The topological polar surface area (TPSA) is 113 Å². The van der Waals surface area contributed by atoms with Crippen molar-refractivity contribution in [1.29, 1.82) is 0 Å². The number of ether oxygens (including phenoxy) is 1. The molecule has 0 aliphatic heterocycles. The number of carbonyl (C=O) groups is 3. The maximum atomic E-state index is 11.8. The average molecular weight is 316 g/mol. The van der Waals surface area contributed by atoms with Crippen molar-refractivity contribution in [2.24, 2.45) is 0 Å². The van der Waals surface area contributed by atoms with E-state index in [2.05, 4.69) is 5.32 Å². The molecule has 114 valence electrons. The molecule has 0 radical (unpaired) electrons. The Morgan fingerprint density at radius 2 is 2.00 bits per heavy atom. The number of carbonyl (C=O) groups excluding carboxylic acids is 1. The average Bonchev–Trinajstić information content (AvgIpc) is 2.37. The van der Waals surface area contributed by atoms with Crippen LogP contribution in [0.4, 0.5) is 0 Å². The second-order valence-electron chi connectivity index (χ2n) is 4.21. The van der Waals surface area contributed by atoms with Gasteiger partial charge in [-0.1, -0.05) is 17.7 Å². The molecule has 0 saturated carbocycles. The number of hydrogen-bond acceptors (Lipinski definition) is 4. The fraction of sp³-hybridized carbons (Fsp3) is 0.308. The van der Waals surface area contributed by atoms with Crippen LogP contribution in [0, 0.1) is 0 Å². The van der Waals surface area contributed by atoms with Crippen LogP contribution in [0.3, 0.4) is 0 Å². The van der Waals surface area contributed by atoms with E-state index in [-0.39, 0.29) is 0 Å². The Kier molecular flexibility index (Phi) is 5.98. The summed E-state index contributed by atoms with van der Waals surface area (Å²) in [5.74, 6) is -3.15. The Morgan fingerprint density at radius 3 is 2.52 bits per heavy atom. The molecule has 2 atom stereocenters. The summed E-state index contributed by atoms with van der Waals surface area (Å²) in [5.41, 5.74) is 0. The van der Waals surface area contributed by atoms with Crippen LogP contribution in [0.2, 0.25) is 5.02 Å². The van der Waals surface area contributed by atoms with Crippen molar-refractivity contribution in [1.82, 2.24) is 5.32 Å². The van der Waals surface area contributed by atoms with Crippen LogP contribution in [0.15, 0.2) is 24.3 Å². The van der Waals surface area contributed by atoms with Crippen LogP contribution in [-0.2, 0) is 14.4 Å². The number of aliphatic carboxylic acids is 2. The molecule has 0 fully saturated rings. The van der Waals surface area contributed by atoms with Crippen LogP contribution >= 0.6 is 11.6 Å². The summed E-state index contributed by atoms with van der Waals surface area (Å²) in [6, 6.07) is 4.83. The van der Waals surface area contributed by atoms with Gasteiger partial charge in [0.1, 0.15) is 11.8 Å². The van der Waals surface area contributed by atoms with Gasteiger partial charge in [0.2, 0.25) is 0 Å². The van der Waals surface area contributed by atoms with Crippen molar-refractivity contribution in [3.05, 3.63) is 29.3 Å². The molecule has 1 amide bonds. The number of halogens is 1. The third-order valence-electron chi connectivity index (χ3n) is 2.47. The largest absolute Gasteiger partial charge is 0.481 e. The Hall–Kier alpha value is -2.28. The smallest absolute Gasteiger partial charge is 0.326 e. The third-order valence-corrected chi connectivity index (χ3v) is 2.71. The molecule has 0 saturated heterocycles. The van der Waals surface area contributed by atoms with Gasteiger partial charge in [0, 0.05) is 5.02 Å². The SMILES string of the molecule is CC(Oc1cccc(Cl)c1)C(=O)N[C@H](CC(=O)O)C(=O)O. The fourth-order valence-corrected chi connectivity index (χ4v) is 1.64. The molecule has 1 rings (SSSR count). The summed E-state index contributed by atoms with van der Waals surface area (Å²) >= 11 is 5.77. The number of rotatable bonds is 7.